The van der Waals surface area contributed by atoms with Crippen LogP contribution in [0.3, 0.4) is 0 Å². The van der Waals surface area contributed by atoms with Crippen molar-refractivity contribution in [2.75, 3.05) is 0 Å². The highest BCUT2D eigenvalue weighted by atomic mass is 16.4. The number of rotatable bonds is 5. The van der Waals surface area contributed by atoms with E-state index in [9.17, 15) is 9.90 Å². The van der Waals surface area contributed by atoms with Crippen LogP contribution in [0.2, 0.25) is 0 Å². The third kappa shape index (κ3) is 2.56. The number of carboxylic acid groups (broad SMARTS) is 1. The number of carbonyl (C=O) groups is 1. The van der Waals surface area contributed by atoms with Crippen molar-refractivity contribution in [1.29, 1.82) is 0 Å². The fourth-order valence-corrected chi connectivity index (χ4v) is 1.74. The molecule has 18 heavy (non-hydrogen) atoms. The van der Waals surface area contributed by atoms with Gasteiger partial charge in [0.1, 0.15) is 11.3 Å². The molecule has 2 rings (SSSR count). The van der Waals surface area contributed by atoms with E-state index in [0.29, 0.717) is 5.69 Å². The van der Waals surface area contributed by atoms with Crippen LogP contribution in [0.15, 0.2) is 30.7 Å². The van der Waals surface area contributed by atoms with Crippen LogP contribution in [-0.4, -0.2) is 25.8 Å². The molecule has 0 bridgehead atoms. The minimum absolute atomic E-state index is 0.234. The number of hydrogen-bond acceptors (Lipinski definition) is 3. The Morgan fingerprint density at radius 1 is 1.39 bits per heavy atom. The molecule has 94 valence electrons. The van der Waals surface area contributed by atoms with Crippen LogP contribution in [0.25, 0.3) is 11.3 Å². The van der Waals surface area contributed by atoms with E-state index in [1.165, 1.54) is 0 Å². The van der Waals surface area contributed by atoms with Crippen LogP contribution >= 0.6 is 0 Å². The Kier molecular flexibility index (Phi) is 3.72. The molecule has 5 heteroatoms. The van der Waals surface area contributed by atoms with Gasteiger partial charge < -0.3 is 5.11 Å². The molecule has 0 aliphatic heterocycles. The van der Waals surface area contributed by atoms with Gasteiger partial charge in [-0.3, -0.25) is 9.67 Å². The average Bonchev–Trinajstić information content (AvgIpc) is 2.82. The van der Waals surface area contributed by atoms with E-state index in [1.807, 2.05) is 0 Å². The van der Waals surface area contributed by atoms with Crippen LogP contribution in [0.4, 0.5) is 0 Å². The first-order chi connectivity index (χ1) is 8.72. The molecule has 0 unspecified atom stereocenters. The standard InChI is InChI=1S/C13H15N3O2/c1-2-3-8-16-9-11(13(17)18)12(15-16)10-4-6-14-7-5-10/h4-7,9H,2-3,8H2,1H3,(H,17,18). The van der Waals surface area contributed by atoms with Crippen molar-refractivity contribution in [2.24, 2.45) is 0 Å². The molecule has 0 aliphatic carbocycles. The minimum Gasteiger partial charge on any atom is -0.478 e. The Morgan fingerprint density at radius 3 is 2.72 bits per heavy atom. The van der Waals surface area contributed by atoms with Gasteiger partial charge in [-0.05, 0) is 18.6 Å². The topological polar surface area (TPSA) is 68.0 Å². The Morgan fingerprint density at radius 2 is 2.11 bits per heavy atom. The minimum atomic E-state index is -0.954. The lowest BCUT2D eigenvalue weighted by Gasteiger charge is -1.98. The first-order valence-electron chi connectivity index (χ1n) is 5.93. The molecule has 0 aromatic carbocycles. The molecule has 2 aromatic rings. The predicted octanol–water partition coefficient (Wildman–Crippen LogP) is 2.44. The summed E-state index contributed by atoms with van der Waals surface area (Å²) in [5.74, 6) is -0.954. The van der Waals surface area contributed by atoms with Gasteiger partial charge in [-0.2, -0.15) is 5.10 Å². The number of aromatic nitrogens is 3. The second kappa shape index (κ2) is 5.44. The van der Waals surface area contributed by atoms with Gasteiger partial charge in [-0.25, -0.2) is 4.79 Å². The number of aromatic carboxylic acids is 1. The zero-order valence-corrected chi connectivity index (χ0v) is 10.2. The van der Waals surface area contributed by atoms with E-state index in [4.69, 9.17) is 0 Å². The Bertz CT molecular complexity index is 534. The smallest absolute Gasteiger partial charge is 0.339 e. The maximum atomic E-state index is 11.2. The summed E-state index contributed by atoms with van der Waals surface area (Å²) in [6.07, 6.45) is 6.88. The number of hydrogen-bond donors (Lipinski definition) is 1. The van der Waals surface area contributed by atoms with Gasteiger partial charge in [0.2, 0.25) is 0 Å². The molecule has 0 atom stereocenters. The van der Waals surface area contributed by atoms with Crippen molar-refractivity contribution in [3.05, 3.63) is 36.3 Å². The van der Waals surface area contributed by atoms with Crippen molar-refractivity contribution < 1.29 is 9.90 Å². The SMILES string of the molecule is CCCCn1cc(C(=O)O)c(-c2ccncc2)n1. The van der Waals surface area contributed by atoms with Gasteiger partial charge in [0.05, 0.1) is 0 Å². The summed E-state index contributed by atoms with van der Waals surface area (Å²) in [7, 11) is 0. The van der Waals surface area contributed by atoms with E-state index in [0.717, 1.165) is 24.9 Å². The highest BCUT2D eigenvalue weighted by molar-refractivity contribution is 5.94. The van der Waals surface area contributed by atoms with E-state index >= 15 is 0 Å². The summed E-state index contributed by atoms with van der Waals surface area (Å²) in [4.78, 5) is 15.1. The van der Waals surface area contributed by atoms with Crippen molar-refractivity contribution in [2.45, 2.75) is 26.3 Å². The summed E-state index contributed by atoms with van der Waals surface area (Å²) >= 11 is 0. The lowest BCUT2D eigenvalue weighted by molar-refractivity contribution is 0.0697. The molecule has 0 aliphatic rings. The van der Waals surface area contributed by atoms with Crippen molar-refractivity contribution >= 4 is 5.97 Å². The third-order valence-corrected chi connectivity index (χ3v) is 2.69. The summed E-state index contributed by atoms with van der Waals surface area (Å²) in [5.41, 5.74) is 1.51. The number of nitrogens with zero attached hydrogens (tertiary/aromatic N) is 3. The fraction of sp³-hybridized carbons (Fsp3) is 0.308. The summed E-state index contributed by atoms with van der Waals surface area (Å²) < 4.78 is 1.70. The first-order valence-corrected chi connectivity index (χ1v) is 5.93. The van der Waals surface area contributed by atoms with Crippen LogP contribution in [0.1, 0.15) is 30.1 Å². The van der Waals surface area contributed by atoms with Crippen LogP contribution in [0, 0.1) is 0 Å². The molecule has 1 N–H and O–H groups in total. The Balaban J connectivity index is 2.39. The molecular weight excluding hydrogens is 230 g/mol. The van der Waals surface area contributed by atoms with E-state index in [-0.39, 0.29) is 5.56 Å². The van der Waals surface area contributed by atoms with Gasteiger partial charge in [0, 0.05) is 30.7 Å². The van der Waals surface area contributed by atoms with Gasteiger partial charge in [0.15, 0.2) is 0 Å². The molecule has 2 aromatic heterocycles. The summed E-state index contributed by atoms with van der Waals surface area (Å²) in [6, 6.07) is 3.53. The Labute approximate surface area is 105 Å². The number of aryl methyl sites for hydroxylation is 1. The van der Waals surface area contributed by atoms with Gasteiger partial charge in [-0.1, -0.05) is 13.3 Å². The van der Waals surface area contributed by atoms with Crippen LogP contribution < -0.4 is 0 Å². The maximum absolute atomic E-state index is 11.2. The van der Waals surface area contributed by atoms with Gasteiger partial charge in [0.25, 0.3) is 0 Å². The average molecular weight is 245 g/mol. The maximum Gasteiger partial charge on any atom is 0.339 e. The molecule has 0 amide bonds. The van der Waals surface area contributed by atoms with Crippen molar-refractivity contribution in [3.63, 3.8) is 0 Å². The normalized spacial score (nSPS) is 10.5. The zero-order chi connectivity index (χ0) is 13.0. The van der Waals surface area contributed by atoms with Crippen molar-refractivity contribution in [1.82, 2.24) is 14.8 Å². The molecule has 5 nitrogen and oxygen atoms in total. The van der Waals surface area contributed by atoms with Crippen LogP contribution in [0.5, 0.6) is 0 Å². The largest absolute Gasteiger partial charge is 0.478 e. The van der Waals surface area contributed by atoms with E-state index in [2.05, 4.69) is 17.0 Å². The lowest BCUT2D eigenvalue weighted by atomic mass is 10.1. The van der Waals surface area contributed by atoms with E-state index in [1.54, 1.807) is 35.4 Å². The fourth-order valence-electron chi connectivity index (χ4n) is 1.74. The first kappa shape index (κ1) is 12.3. The molecule has 0 saturated heterocycles. The second-order valence-electron chi connectivity index (χ2n) is 4.05. The predicted molar refractivity (Wildman–Crippen MR) is 67.3 cm³/mol. The molecule has 2 heterocycles. The summed E-state index contributed by atoms with van der Waals surface area (Å²) in [6.45, 7) is 2.83. The Hall–Kier alpha value is -2.17. The third-order valence-electron chi connectivity index (χ3n) is 2.69. The quantitative estimate of drug-likeness (QED) is 0.878. The van der Waals surface area contributed by atoms with E-state index < -0.39 is 5.97 Å². The molecule has 0 spiro atoms. The van der Waals surface area contributed by atoms with Gasteiger partial charge in [-0.15, -0.1) is 0 Å². The second-order valence-corrected chi connectivity index (χ2v) is 4.05. The summed E-state index contributed by atoms with van der Waals surface area (Å²) in [5, 5.41) is 13.5. The zero-order valence-electron chi connectivity index (χ0n) is 10.2. The van der Waals surface area contributed by atoms with Gasteiger partial charge >= 0.3 is 5.97 Å². The highest BCUT2D eigenvalue weighted by Gasteiger charge is 2.16. The highest BCUT2D eigenvalue weighted by Crippen LogP contribution is 2.21. The molecular formula is C13H15N3O2. The molecule has 0 fully saturated rings. The molecule has 0 saturated carbocycles. The number of pyridine rings is 1. The lowest BCUT2D eigenvalue weighted by Crippen LogP contribution is -1.98. The van der Waals surface area contributed by atoms with Crippen molar-refractivity contribution in [3.8, 4) is 11.3 Å². The number of carboxylic acids is 1. The number of unbranched alkanes of at least 4 members (excludes halogenated alkanes) is 1. The van der Waals surface area contributed by atoms with Crippen LogP contribution in [-0.2, 0) is 6.54 Å². The monoisotopic (exact) mass is 245 g/mol. The molecule has 0 radical (unpaired) electrons.